The summed E-state index contributed by atoms with van der Waals surface area (Å²) in [5, 5.41) is 16.1. The molecule has 32 heavy (non-hydrogen) atoms. The molecule has 1 aliphatic heterocycles. The van der Waals surface area contributed by atoms with Crippen LogP contribution in [0.25, 0.3) is 0 Å². The van der Waals surface area contributed by atoms with Crippen molar-refractivity contribution in [3.05, 3.63) is 75.8 Å². The molecule has 0 aliphatic carbocycles. The minimum atomic E-state index is -0.674. The first-order valence-electron chi connectivity index (χ1n) is 10.5. The van der Waals surface area contributed by atoms with Crippen LogP contribution in [0.3, 0.4) is 0 Å². The summed E-state index contributed by atoms with van der Waals surface area (Å²) in [5.41, 5.74) is 1.27. The van der Waals surface area contributed by atoms with Crippen molar-refractivity contribution in [1.82, 2.24) is 15.5 Å². The molecule has 0 spiro atoms. The number of piperidine rings is 1. The molecule has 2 N–H and O–H groups in total. The van der Waals surface area contributed by atoms with Gasteiger partial charge in [-0.2, -0.15) is 0 Å². The molecule has 1 heterocycles. The summed E-state index contributed by atoms with van der Waals surface area (Å²) >= 11 is 0. The van der Waals surface area contributed by atoms with Crippen LogP contribution in [0.2, 0.25) is 0 Å². The first kappa shape index (κ1) is 22.9. The summed E-state index contributed by atoms with van der Waals surface area (Å²) in [4.78, 5) is 48.8. The maximum absolute atomic E-state index is 12.6. The number of carbonyl (C=O) groups is 3. The lowest BCUT2D eigenvalue weighted by molar-refractivity contribution is -0.384. The van der Waals surface area contributed by atoms with Gasteiger partial charge >= 0.3 is 11.8 Å². The maximum atomic E-state index is 12.6. The number of non-ortho nitro benzene ring substituents is 1. The Kier molecular flexibility index (Phi) is 7.54. The van der Waals surface area contributed by atoms with Gasteiger partial charge in [-0.1, -0.05) is 30.3 Å². The molecule has 0 bridgehead atoms. The van der Waals surface area contributed by atoms with Gasteiger partial charge in [0.2, 0.25) is 0 Å². The Morgan fingerprint density at radius 1 is 1.03 bits per heavy atom. The Labute approximate surface area is 185 Å². The van der Waals surface area contributed by atoms with E-state index in [1.54, 1.807) is 4.90 Å². The lowest BCUT2D eigenvalue weighted by atomic mass is 9.96. The van der Waals surface area contributed by atoms with Crippen molar-refractivity contribution < 1.29 is 19.3 Å². The molecular weight excluding hydrogens is 412 g/mol. The van der Waals surface area contributed by atoms with Gasteiger partial charge in [-0.05, 0) is 43.4 Å². The molecular formula is C23H26N4O5. The number of nitro groups is 1. The Morgan fingerprint density at radius 3 is 2.25 bits per heavy atom. The Balaban J connectivity index is 1.41. The average Bonchev–Trinajstić information content (AvgIpc) is 2.83. The first-order chi connectivity index (χ1) is 15.3. The lowest BCUT2D eigenvalue weighted by Gasteiger charge is -2.32. The number of nitro benzene ring substituents is 1. The largest absolute Gasteiger partial charge is 0.348 e. The highest BCUT2D eigenvalue weighted by molar-refractivity contribution is 6.35. The first-order valence-corrected chi connectivity index (χ1v) is 10.5. The molecule has 0 aromatic heterocycles. The second kappa shape index (κ2) is 10.5. The molecule has 1 saturated heterocycles. The monoisotopic (exact) mass is 438 g/mol. The van der Waals surface area contributed by atoms with E-state index in [1.165, 1.54) is 24.3 Å². The summed E-state index contributed by atoms with van der Waals surface area (Å²) in [5.74, 6) is -1.35. The van der Waals surface area contributed by atoms with Gasteiger partial charge in [0.1, 0.15) is 0 Å². The fourth-order valence-electron chi connectivity index (χ4n) is 3.65. The fourth-order valence-corrected chi connectivity index (χ4v) is 3.65. The highest BCUT2D eigenvalue weighted by Crippen LogP contribution is 2.20. The minimum Gasteiger partial charge on any atom is -0.348 e. The molecule has 2 aromatic carbocycles. The van der Waals surface area contributed by atoms with Crippen molar-refractivity contribution in [3.8, 4) is 0 Å². The molecule has 1 fully saturated rings. The lowest BCUT2D eigenvalue weighted by Crippen LogP contribution is -2.45. The van der Waals surface area contributed by atoms with Gasteiger partial charge in [-0.3, -0.25) is 24.5 Å². The van der Waals surface area contributed by atoms with E-state index >= 15 is 0 Å². The molecule has 1 atom stereocenters. The van der Waals surface area contributed by atoms with Crippen LogP contribution in [0.1, 0.15) is 41.7 Å². The van der Waals surface area contributed by atoms with E-state index in [1.807, 2.05) is 37.3 Å². The number of hydrogen-bond donors (Lipinski definition) is 2. The summed E-state index contributed by atoms with van der Waals surface area (Å²) in [7, 11) is 0. The fraction of sp³-hybridized carbons (Fsp3) is 0.348. The molecule has 0 unspecified atom stereocenters. The molecule has 0 radical (unpaired) electrons. The number of likely N-dealkylation sites (tertiary alicyclic amines) is 1. The van der Waals surface area contributed by atoms with Crippen LogP contribution in [-0.2, 0) is 9.59 Å². The van der Waals surface area contributed by atoms with Gasteiger partial charge in [-0.15, -0.1) is 0 Å². The molecule has 0 saturated carbocycles. The van der Waals surface area contributed by atoms with Crippen molar-refractivity contribution in [2.24, 2.45) is 5.92 Å². The normalized spacial score (nSPS) is 15.0. The predicted molar refractivity (Wildman–Crippen MR) is 118 cm³/mol. The Hall–Kier alpha value is -3.75. The van der Waals surface area contributed by atoms with E-state index in [0.717, 1.165) is 5.56 Å². The number of carbonyl (C=O) groups excluding carboxylic acids is 3. The second-order valence-electron chi connectivity index (χ2n) is 7.86. The van der Waals surface area contributed by atoms with Gasteiger partial charge in [0.05, 0.1) is 11.0 Å². The van der Waals surface area contributed by atoms with Gasteiger partial charge in [0.15, 0.2) is 0 Å². The maximum Gasteiger partial charge on any atom is 0.309 e. The van der Waals surface area contributed by atoms with Crippen LogP contribution in [0, 0.1) is 16.0 Å². The van der Waals surface area contributed by atoms with Crippen LogP contribution < -0.4 is 10.6 Å². The summed E-state index contributed by atoms with van der Waals surface area (Å²) in [6.07, 6.45) is 1.39. The Bertz CT molecular complexity index is 970. The van der Waals surface area contributed by atoms with Crippen molar-refractivity contribution in [1.29, 1.82) is 0 Å². The molecule has 2 aromatic rings. The molecule has 168 valence electrons. The number of nitrogens with zero attached hydrogens (tertiary/aromatic N) is 2. The minimum absolute atomic E-state index is 0.0572. The van der Waals surface area contributed by atoms with Crippen molar-refractivity contribution in [3.63, 3.8) is 0 Å². The van der Waals surface area contributed by atoms with E-state index in [4.69, 9.17) is 0 Å². The highest BCUT2D eigenvalue weighted by atomic mass is 16.6. The van der Waals surface area contributed by atoms with Gasteiger partial charge in [0, 0.05) is 37.3 Å². The third-order valence-corrected chi connectivity index (χ3v) is 5.63. The van der Waals surface area contributed by atoms with E-state index in [-0.39, 0.29) is 23.6 Å². The molecule has 9 heteroatoms. The van der Waals surface area contributed by atoms with Crippen molar-refractivity contribution in [2.45, 2.75) is 25.8 Å². The summed E-state index contributed by atoms with van der Waals surface area (Å²) in [6.45, 7) is 3.23. The van der Waals surface area contributed by atoms with Crippen LogP contribution in [-0.4, -0.2) is 47.2 Å². The van der Waals surface area contributed by atoms with Gasteiger partial charge < -0.3 is 15.5 Å². The number of amides is 3. The van der Waals surface area contributed by atoms with Crippen molar-refractivity contribution >= 4 is 23.4 Å². The molecule has 3 rings (SSSR count). The number of benzene rings is 2. The van der Waals surface area contributed by atoms with Gasteiger partial charge in [0.25, 0.3) is 11.6 Å². The van der Waals surface area contributed by atoms with Crippen molar-refractivity contribution in [2.75, 3.05) is 19.6 Å². The van der Waals surface area contributed by atoms with E-state index < -0.39 is 16.7 Å². The van der Waals surface area contributed by atoms with Crippen LogP contribution in [0.4, 0.5) is 5.69 Å². The average molecular weight is 438 g/mol. The van der Waals surface area contributed by atoms with E-state index in [9.17, 15) is 24.5 Å². The molecule has 9 nitrogen and oxygen atoms in total. The van der Waals surface area contributed by atoms with Crippen LogP contribution >= 0.6 is 0 Å². The standard InChI is InChI=1S/C23H26N4O5/c1-16(18-5-3-2-4-6-18)25-22(29)21(28)24-15-17-11-13-26(14-12-17)23(30)19-7-9-20(10-8-19)27(31)32/h2-10,16-17H,11-15H2,1H3,(H,24,28)(H,25,29)/t16-/m0/s1. The third kappa shape index (κ3) is 5.90. The summed E-state index contributed by atoms with van der Waals surface area (Å²) < 4.78 is 0. The van der Waals surface area contributed by atoms with Crippen LogP contribution in [0.15, 0.2) is 54.6 Å². The predicted octanol–water partition coefficient (Wildman–Crippen LogP) is 2.44. The topological polar surface area (TPSA) is 122 Å². The highest BCUT2D eigenvalue weighted by Gasteiger charge is 2.25. The smallest absolute Gasteiger partial charge is 0.309 e. The summed E-state index contributed by atoms with van der Waals surface area (Å²) in [6, 6.07) is 14.7. The zero-order valence-corrected chi connectivity index (χ0v) is 17.8. The zero-order chi connectivity index (χ0) is 23.1. The number of hydrogen-bond acceptors (Lipinski definition) is 5. The van der Waals surface area contributed by atoms with E-state index in [2.05, 4.69) is 10.6 Å². The molecule has 3 amide bonds. The second-order valence-corrected chi connectivity index (χ2v) is 7.86. The number of rotatable bonds is 6. The quantitative estimate of drug-likeness (QED) is 0.408. The zero-order valence-electron chi connectivity index (χ0n) is 17.8. The van der Waals surface area contributed by atoms with E-state index in [0.29, 0.717) is 38.0 Å². The van der Waals surface area contributed by atoms with Gasteiger partial charge in [-0.25, -0.2) is 0 Å². The molecule has 1 aliphatic rings. The van der Waals surface area contributed by atoms with Crippen LogP contribution in [0.5, 0.6) is 0 Å². The SMILES string of the molecule is C[C@H](NC(=O)C(=O)NCC1CCN(C(=O)c2ccc([N+](=O)[O-])cc2)CC1)c1ccccc1. The Morgan fingerprint density at radius 2 is 1.66 bits per heavy atom. The number of nitrogens with one attached hydrogen (secondary N) is 2. The third-order valence-electron chi connectivity index (χ3n) is 5.63.